The average Bonchev–Trinajstić information content (AvgIpc) is 2.43. The fourth-order valence-corrected chi connectivity index (χ4v) is 5.34. The summed E-state index contributed by atoms with van der Waals surface area (Å²) in [5.74, 6) is 0.456. The Balaban J connectivity index is 1.47. The fraction of sp³-hybridized carbons (Fsp3) is 0.611. The van der Waals surface area contributed by atoms with Gasteiger partial charge in [0.1, 0.15) is 12.4 Å². The number of ether oxygens (including phenoxy) is 1. The molecule has 3 nitrogen and oxygen atoms in total. The van der Waals surface area contributed by atoms with Crippen LogP contribution in [0.15, 0.2) is 24.3 Å². The largest absolute Gasteiger partial charge is 0.460 e. The Morgan fingerprint density at radius 3 is 2.41 bits per heavy atom. The molecule has 0 amide bonds. The van der Waals surface area contributed by atoms with Gasteiger partial charge in [0.2, 0.25) is 0 Å². The van der Waals surface area contributed by atoms with Crippen LogP contribution in [0, 0.1) is 23.1 Å². The molecule has 0 saturated heterocycles. The lowest BCUT2D eigenvalue weighted by Gasteiger charge is -2.58. The van der Waals surface area contributed by atoms with Gasteiger partial charge in [-0.2, -0.15) is 0 Å². The molecule has 2 atom stereocenters. The van der Waals surface area contributed by atoms with E-state index < -0.39 is 11.0 Å². The van der Waals surface area contributed by atoms with E-state index >= 15 is 0 Å². The van der Waals surface area contributed by atoms with E-state index in [4.69, 9.17) is 4.74 Å². The SMILES string of the molecule is O=C(OCc1ccc(F)cc1)C12C[C@H]3C[C@@H](CC(O)(C3)C1)C2. The molecule has 4 bridgehead atoms. The maximum absolute atomic E-state index is 12.9. The van der Waals surface area contributed by atoms with Crippen molar-refractivity contribution in [1.82, 2.24) is 0 Å². The highest BCUT2D eigenvalue weighted by atomic mass is 19.1. The Labute approximate surface area is 129 Å². The van der Waals surface area contributed by atoms with E-state index in [0.717, 1.165) is 37.7 Å². The van der Waals surface area contributed by atoms with Crippen molar-refractivity contribution in [2.75, 3.05) is 0 Å². The summed E-state index contributed by atoms with van der Waals surface area (Å²) in [5, 5.41) is 10.7. The summed E-state index contributed by atoms with van der Waals surface area (Å²) in [4.78, 5) is 12.7. The van der Waals surface area contributed by atoms with Crippen molar-refractivity contribution in [2.24, 2.45) is 17.3 Å². The predicted molar refractivity (Wildman–Crippen MR) is 78.3 cm³/mol. The number of aliphatic hydroxyl groups is 1. The third-order valence-electron chi connectivity index (χ3n) is 5.75. The molecule has 4 heteroatoms. The molecule has 0 aliphatic heterocycles. The lowest BCUT2D eigenvalue weighted by Crippen LogP contribution is -2.58. The van der Waals surface area contributed by atoms with E-state index in [1.807, 2.05) is 0 Å². The van der Waals surface area contributed by atoms with Crippen LogP contribution in [-0.2, 0) is 16.1 Å². The van der Waals surface area contributed by atoms with Gasteiger partial charge < -0.3 is 9.84 Å². The van der Waals surface area contributed by atoms with Gasteiger partial charge in [-0.1, -0.05) is 12.1 Å². The molecule has 0 spiro atoms. The molecule has 1 aromatic carbocycles. The second-order valence-corrected chi connectivity index (χ2v) is 7.67. The van der Waals surface area contributed by atoms with Crippen molar-refractivity contribution in [3.05, 3.63) is 35.6 Å². The number of carbonyl (C=O) groups is 1. The van der Waals surface area contributed by atoms with Crippen LogP contribution in [0.3, 0.4) is 0 Å². The summed E-state index contributed by atoms with van der Waals surface area (Å²) in [6.07, 6.45) is 5.10. The quantitative estimate of drug-likeness (QED) is 0.872. The van der Waals surface area contributed by atoms with Crippen LogP contribution in [0.25, 0.3) is 0 Å². The summed E-state index contributed by atoms with van der Waals surface area (Å²) in [7, 11) is 0. The molecule has 1 N–H and O–H groups in total. The molecular formula is C18H21FO3. The number of hydrogen-bond acceptors (Lipinski definition) is 3. The molecule has 4 aliphatic carbocycles. The van der Waals surface area contributed by atoms with Gasteiger partial charge in [-0.25, -0.2) is 4.39 Å². The van der Waals surface area contributed by atoms with E-state index in [1.54, 1.807) is 12.1 Å². The van der Waals surface area contributed by atoms with Crippen molar-refractivity contribution < 1.29 is 19.0 Å². The number of carbonyl (C=O) groups excluding carboxylic acids is 1. The smallest absolute Gasteiger partial charge is 0.312 e. The van der Waals surface area contributed by atoms with E-state index in [2.05, 4.69) is 0 Å². The summed E-state index contributed by atoms with van der Waals surface area (Å²) in [5.41, 5.74) is -0.351. The molecule has 0 heterocycles. The molecule has 5 rings (SSSR count). The molecule has 1 aromatic rings. The maximum atomic E-state index is 12.9. The van der Waals surface area contributed by atoms with Gasteiger partial charge in [-0.3, -0.25) is 4.79 Å². The molecular weight excluding hydrogens is 283 g/mol. The van der Waals surface area contributed by atoms with E-state index in [0.29, 0.717) is 18.3 Å². The summed E-state index contributed by atoms with van der Waals surface area (Å²) >= 11 is 0. The topological polar surface area (TPSA) is 46.5 Å². The lowest BCUT2D eigenvalue weighted by atomic mass is 9.48. The molecule has 4 saturated carbocycles. The molecule has 0 radical (unpaired) electrons. The van der Waals surface area contributed by atoms with Crippen LogP contribution in [0.4, 0.5) is 4.39 Å². The van der Waals surface area contributed by atoms with Gasteiger partial charge in [0.25, 0.3) is 0 Å². The molecule has 4 fully saturated rings. The monoisotopic (exact) mass is 304 g/mol. The molecule has 22 heavy (non-hydrogen) atoms. The Morgan fingerprint density at radius 1 is 1.18 bits per heavy atom. The van der Waals surface area contributed by atoms with E-state index in [9.17, 15) is 14.3 Å². The van der Waals surface area contributed by atoms with Crippen LogP contribution in [-0.4, -0.2) is 16.7 Å². The first-order chi connectivity index (χ1) is 10.5. The first-order valence-corrected chi connectivity index (χ1v) is 8.11. The summed E-state index contributed by atoms with van der Waals surface area (Å²) < 4.78 is 18.4. The van der Waals surface area contributed by atoms with E-state index in [-0.39, 0.29) is 18.4 Å². The van der Waals surface area contributed by atoms with Crippen LogP contribution < -0.4 is 0 Å². The normalized spacial score (nSPS) is 39.0. The van der Waals surface area contributed by atoms with Gasteiger partial charge in [0.15, 0.2) is 0 Å². The highest BCUT2D eigenvalue weighted by Crippen LogP contribution is 2.62. The Morgan fingerprint density at radius 2 is 1.82 bits per heavy atom. The zero-order valence-corrected chi connectivity index (χ0v) is 12.6. The minimum Gasteiger partial charge on any atom is -0.460 e. The number of rotatable bonds is 3. The third kappa shape index (κ3) is 2.34. The number of hydrogen-bond donors (Lipinski definition) is 1. The Hall–Kier alpha value is -1.42. The highest BCUT2D eigenvalue weighted by molar-refractivity contribution is 5.77. The number of halogens is 1. The van der Waals surface area contributed by atoms with Crippen LogP contribution in [0.5, 0.6) is 0 Å². The minimum atomic E-state index is -0.654. The molecule has 0 unspecified atom stereocenters. The first-order valence-electron chi connectivity index (χ1n) is 8.11. The number of esters is 1. The summed E-state index contributed by atoms with van der Waals surface area (Å²) in [6, 6.07) is 6.01. The fourth-order valence-electron chi connectivity index (χ4n) is 5.34. The van der Waals surface area contributed by atoms with Gasteiger partial charge >= 0.3 is 5.97 Å². The average molecular weight is 304 g/mol. The second kappa shape index (κ2) is 4.79. The van der Waals surface area contributed by atoms with Crippen LogP contribution in [0.1, 0.15) is 44.1 Å². The van der Waals surface area contributed by atoms with Crippen molar-refractivity contribution in [2.45, 2.75) is 50.7 Å². The maximum Gasteiger partial charge on any atom is 0.312 e. The van der Waals surface area contributed by atoms with Gasteiger partial charge in [-0.05, 0) is 68.1 Å². The van der Waals surface area contributed by atoms with Gasteiger partial charge in [0.05, 0.1) is 11.0 Å². The molecule has 0 aromatic heterocycles. The number of benzene rings is 1. The zero-order valence-electron chi connectivity index (χ0n) is 12.6. The second-order valence-electron chi connectivity index (χ2n) is 7.67. The van der Waals surface area contributed by atoms with Crippen molar-refractivity contribution in [3.63, 3.8) is 0 Å². The Kier molecular flexibility index (Phi) is 3.09. The minimum absolute atomic E-state index is 0.175. The van der Waals surface area contributed by atoms with E-state index in [1.165, 1.54) is 12.1 Å². The molecule has 118 valence electrons. The highest BCUT2D eigenvalue weighted by Gasteiger charge is 2.60. The first kappa shape index (κ1) is 14.2. The van der Waals surface area contributed by atoms with Gasteiger partial charge in [0, 0.05) is 0 Å². The standard InChI is InChI=1S/C18H21FO3/c19-15-3-1-12(2-4-15)10-22-16(20)17-6-13-5-14(7-17)9-18(21,8-13)11-17/h1-4,13-14,21H,5-11H2/t13-,14-,17?,18?/m1/s1. The van der Waals surface area contributed by atoms with Gasteiger partial charge in [-0.15, -0.1) is 0 Å². The zero-order chi connectivity index (χ0) is 15.4. The van der Waals surface area contributed by atoms with Crippen molar-refractivity contribution in [1.29, 1.82) is 0 Å². The predicted octanol–water partition coefficient (Wildman–Crippen LogP) is 3.20. The summed E-state index contributed by atoms with van der Waals surface area (Å²) in [6.45, 7) is 0.175. The Bertz CT molecular complexity index is 581. The lowest BCUT2D eigenvalue weighted by molar-refractivity contribution is -0.197. The molecule has 4 aliphatic rings. The van der Waals surface area contributed by atoms with Crippen LogP contribution in [0.2, 0.25) is 0 Å². The van der Waals surface area contributed by atoms with Crippen molar-refractivity contribution in [3.8, 4) is 0 Å². The third-order valence-corrected chi connectivity index (χ3v) is 5.75. The van der Waals surface area contributed by atoms with Crippen LogP contribution >= 0.6 is 0 Å². The van der Waals surface area contributed by atoms with Crippen molar-refractivity contribution >= 4 is 5.97 Å².